The van der Waals surface area contributed by atoms with Crippen LogP contribution in [0.5, 0.6) is 0 Å². The molecule has 0 aliphatic carbocycles. The first-order chi connectivity index (χ1) is 9.52. The molecule has 6 nitrogen and oxygen atoms in total. The molecule has 0 radical (unpaired) electrons. The van der Waals surface area contributed by atoms with Crippen LogP contribution in [0, 0.1) is 0 Å². The molecule has 20 heavy (non-hydrogen) atoms. The molecule has 2 amide bonds. The molecule has 1 aromatic carbocycles. The summed E-state index contributed by atoms with van der Waals surface area (Å²) in [6, 6.07) is 6.30. The molecular weight excluding hydrogens is 258 g/mol. The maximum atomic E-state index is 11.6. The van der Waals surface area contributed by atoms with Crippen molar-refractivity contribution in [3.8, 4) is 0 Å². The molecule has 0 aromatic heterocycles. The number of nitrogens with zero attached hydrogens (tertiary/aromatic N) is 1. The number of rotatable bonds is 6. The van der Waals surface area contributed by atoms with E-state index in [1.165, 1.54) is 0 Å². The number of hydrogen-bond donors (Lipinski definition) is 2. The number of anilines is 1. The molecule has 1 rings (SSSR count). The van der Waals surface area contributed by atoms with Crippen molar-refractivity contribution in [1.82, 2.24) is 10.2 Å². The fourth-order valence-corrected chi connectivity index (χ4v) is 1.47. The lowest BCUT2D eigenvalue weighted by Gasteiger charge is -2.11. The van der Waals surface area contributed by atoms with Crippen LogP contribution in [-0.2, 0) is 4.74 Å². The van der Waals surface area contributed by atoms with Gasteiger partial charge in [0.25, 0.3) is 0 Å². The number of benzene rings is 1. The van der Waals surface area contributed by atoms with Crippen LogP contribution >= 0.6 is 0 Å². The van der Waals surface area contributed by atoms with Crippen molar-refractivity contribution in [3.05, 3.63) is 29.8 Å². The number of urea groups is 1. The molecule has 0 aliphatic heterocycles. The van der Waals surface area contributed by atoms with E-state index in [4.69, 9.17) is 4.74 Å². The molecule has 0 bridgehead atoms. The first-order valence-corrected chi connectivity index (χ1v) is 6.49. The van der Waals surface area contributed by atoms with Gasteiger partial charge in [-0.3, -0.25) is 0 Å². The highest BCUT2D eigenvalue weighted by atomic mass is 16.5. The largest absolute Gasteiger partial charge is 0.462 e. The van der Waals surface area contributed by atoms with Crippen molar-refractivity contribution in [2.75, 3.05) is 39.1 Å². The summed E-state index contributed by atoms with van der Waals surface area (Å²) in [5.74, 6) is -0.366. The summed E-state index contributed by atoms with van der Waals surface area (Å²) >= 11 is 0. The second-order valence-corrected chi connectivity index (χ2v) is 4.48. The molecule has 0 fully saturated rings. The Morgan fingerprint density at radius 3 is 2.40 bits per heavy atom. The van der Waals surface area contributed by atoms with E-state index in [1.807, 2.05) is 19.0 Å². The molecule has 0 heterocycles. The smallest absolute Gasteiger partial charge is 0.338 e. The second-order valence-electron chi connectivity index (χ2n) is 4.48. The summed E-state index contributed by atoms with van der Waals surface area (Å²) in [7, 11) is 3.88. The monoisotopic (exact) mass is 279 g/mol. The number of amides is 2. The third-order valence-corrected chi connectivity index (χ3v) is 2.50. The highest BCUT2D eigenvalue weighted by molar-refractivity contribution is 5.92. The van der Waals surface area contributed by atoms with Gasteiger partial charge in [0.1, 0.15) is 0 Å². The maximum absolute atomic E-state index is 11.6. The zero-order chi connectivity index (χ0) is 15.0. The Labute approximate surface area is 119 Å². The molecular formula is C14H21N3O3. The number of likely N-dealkylation sites (N-methyl/N-ethyl adjacent to an activating group) is 1. The molecule has 110 valence electrons. The molecule has 0 saturated carbocycles. The average molecular weight is 279 g/mol. The van der Waals surface area contributed by atoms with Crippen LogP contribution in [0.1, 0.15) is 17.3 Å². The third-order valence-electron chi connectivity index (χ3n) is 2.50. The van der Waals surface area contributed by atoms with E-state index in [0.29, 0.717) is 24.4 Å². The van der Waals surface area contributed by atoms with E-state index in [9.17, 15) is 9.59 Å². The summed E-state index contributed by atoms with van der Waals surface area (Å²) < 4.78 is 4.88. The normalized spacial score (nSPS) is 10.2. The quantitative estimate of drug-likeness (QED) is 0.775. The summed E-state index contributed by atoms with van der Waals surface area (Å²) in [4.78, 5) is 25.0. The number of carbonyl (C=O) groups excluding carboxylic acids is 2. The predicted molar refractivity (Wildman–Crippen MR) is 78.0 cm³/mol. The minimum Gasteiger partial charge on any atom is -0.462 e. The lowest BCUT2D eigenvalue weighted by atomic mass is 10.2. The Bertz CT molecular complexity index is 443. The van der Waals surface area contributed by atoms with Crippen molar-refractivity contribution < 1.29 is 14.3 Å². The van der Waals surface area contributed by atoms with Gasteiger partial charge < -0.3 is 20.3 Å². The van der Waals surface area contributed by atoms with Gasteiger partial charge in [0.2, 0.25) is 0 Å². The lowest BCUT2D eigenvalue weighted by molar-refractivity contribution is 0.0526. The van der Waals surface area contributed by atoms with Crippen LogP contribution in [-0.4, -0.2) is 50.7 Å². The lowest BCUT2D eigenvalue weighted by Crippen LogP contribution is -2.34. The molecule has 0 atom stereocenters. The summed E-state index contributed by atoms with van der Waals surface area (Å²) in [6.07, 6.45) is 0. The topological polar surface area (TPSA) is 70.7 Å². The van der Waals surface area contributed by atoms with Gasteiger partial charge in [-0.15, -0.1) is 0 Å². The van der Waals surface area contributed by atoms with Crippen molar-refractivity contribution >= 4 is 17.7 Å². The summed E-state index contributed by atoms with van der Waals surface area (Å²) in [6.45, 7) is 3.44. The molecule has 1 aromatic rings. The van der Waals surface area contributed by atoms with E-state index >= 15 is 0 Å². The van der Waals surface area contributed by atoms with Gasteiger partial charge >= 0.3 is 12.0 Å². The number of esters is 1. The fourth-order valence-electron chi connectivity index (χ4n) is 1.47. The van der Waals surface area contributed by atoms with Crippen molar-refractivity contribution in [2.24, 2.45) is 0 Å². The summed E-state index contributed by atoms with van der Waals surface area (Å²) in [5, 5.41) is 5.43. The van der Waals surface area contributed by atoms with Crippen LogP contribution < -0.4 is 10.6 Å². The van der Waals surface area contributed by atoms with Gasteiger partial charge in [-0.25, -0.2) is 9.59 Å². The Kier molecular flexibility index (Phi) is 6.52. The number of ether oxygens (including phenoxy) is 1. The van der Waals surface area contributed by atoms with Crippen LogP contribution in [0.15, 0.2) is 24.3 Å². The van der Waals surface area contributed by atoms with E-state index in [-0.39, 0.29) is 12.0 Å². The van der Waals surface area contributed by atoms with Gasteiger partial charge in [0.05, 0.1) is 12.2 Å². The Hall–Kier alpha value is -2.08. The van der Waals surface area contributed by atoms with Gasteiger partial charge in [0, 0.05) is 18.8 Å². The van der Waals surface area contributed by atoms with Crippen molar-refractivity contribution in [2.45, 2.75) is 6.92 Å². The van der Waals surface area contributed by atoms with Crippen LogP contribution in [0.2, 0.25) is 0 Å². The SMILES string of the molecule is CCOC(=O)c1ccc(NC(=O)NCCN(C)C)cc1. The Morgan fingerprint density at radius 1 is 1.20 bits per heavy atom. The standard InChI is InChI=1S/C14H21N3O3/c1-4-20-13(18)11-5-7-12(8-6-11)16-14(19)15-9-10-17(2)3/h5-8H,4,9-10H2,1-3H3,(H2,15,16,19). The zero-order valence-electron chi connectivity index (χ0n) is 12.1. The Balaban J connectivity index is 2.44. The molecule has 0 spiro atoms. The second kappa shape index (κ2) is 8.16. The summed E-state index contributed by atoms with van der Waals surface area (Å²) in [5.41, 5.74) is 1.09. The zero-order valence-corrected chi connectivity index (χ0v) is 12.1. The average Bonchev–Trinajstić information content (AvgIpc) is 2.39. The third kappa shape index (κ3) is 5.71. The molecule has 6 heteroatoms. The van der Waals surface area contributed by atoms with E-state index < -0.39 is 0 Å². The highest BCUT2D eigenvalue weighted by Crippen LogP contribution is 2.10. The Morgan fingerprint density at radius 2 is 1.85 bits per heavy atom. The van der Waals surface area contributed by atoms with Crippen LogP contribution in [0.4, 0.5) is 10.5 Å². The molecule has 0 unspecified atom stereocenters. The van der Waals surface area contributed by atoms with E-state index in [2.05, 4.69) is 10.6 Å². The number of nitrogens with one attached hydrogen (secondary N) is 2. The fraction of sp³-hybridized carbons (Fsp3) is 0.429. The van der Waals surface area contributed by atoms with E-state index in [0.717, 1.165) is 6.54 Å². The molecule has 0 saturated heterocycles. The van der Waals surface area contributed by atoms with Crippen molar-refractivity contribution in [3.63, 3.8) is 0 Å². The number of carbonyl (C=O) groups is 2. The highest BCUT2D eigenvalue weighted by Gasteiger charge is 2.06. The minimum atomic E-state index is -0.366. The van der Waals surface area contributed by atoms with Gasteiger partial charge in [-0.2, -0.15) is 0 Å². The molecule has 2 N–H and O–H groups in total. The van der Waals surface area contributed by atoms with Crippen LogP contribution in [0.3, 0.4) is 0 Å². The van der Waals surface area contributed by atoms with Gasteiger partial charge in [-0.05, 0) is 45.3 Å². The van der Waals surface area contributed by atoms with Gasteiger partial charge in [-0.1, -0.05) is 0 Å². The first-order valence-electron chi connectivity index (χ1n) is 6.49. The first kappa shape index (κ1) is 16.0. The van der Waals surface area contributed by atoms with E-state index in [1.54, 1.807) is 31.2 Å². The van der Waals surface area contributed by atoms with Crippen molar-refractivity contribution in [1.29, 1.82) is 0 Å². The van der Waals surface area contributed by atoms with Gasteiger partial charge in [0.15, 0.2) is 0 Å². The maximum Gasteiger partial charge on any atom is 0.338 e. The molecule has 0 aliphatic rings. The predicted octanol–water partition coefficient (Wildman–Crippen LogP) is 1.55. The number of hydrogen-bond acceptors (Lipinski definition) is 4. The minimum absolute atomic E-state index is 0.268. The van der Waals surface area contributed by atoms with Crippen LogP contribution in [0.25, 0.3) is 0 Å².